The van der Waals surface area contributed by atoms with Gasteiger partial charge < -0.3 is 4.57 Å². The van der Waals surface area contributed by atoms with E-state index in [0.717, 1.165) is 18.9 Å². The topological polar surface area (TPSA) is 34.0 Å². The summed E-state index contributed by atoms with van der Waals surface area (Å²) in [6, 6.07) is 4.30. The zero-order valence-electron chi connectivity index (χ0n) is 11.4. The molecule has 4 heteroatoms. The second kappa shape index (κ2) is 5.53. The first-order valence-electron chi connectivity index (χ1n) is 6.91. The molecule has 0 bridgehead atoms. The fourth-order valence-corrected chi connectivity index (χ4v) is 2.86. The van der Waals surface area contributed by atoms with Gasteiger partial charge in [0.25, 0.3) is 0 Å². The maximum atomic E-state index is 4.42. The minimum Gasteiger partial charge on any atom is -0.337 e. The van der Waals surface area contributed by atoms with Crippen LogP contribution in [0.3, 0.4) is 0 Å². The van der Waals surface area contributed by atoms with E-state index in [1.54, 1.807) is 0 Å². The molecule has 19 heavy (non-hydrogen) atoms. The number of likely N-dealkylation sites (tertiary alicyclic amines) is 1. The molecular formula is C15H20N4. The van der Waals surface area contributed by atoms with Crippen LogP contribution in [0.5, 0.6) is 0 Å². The van der Waals surface area contributed by atoms with Crippen molar-refractivity contribution in [2.24, 2.45) is 7.05 Å². The molecule has 2 aromatic heterocycles. The number of aryl methyl sites for hydroxylation is 1. The Balaban J connectivity index is 1.67. The van der Waals surface area contributed by atoms with Gasteiger partial charge in [0.1, 0.15) is 5.82 Å². The molecule has 0 aromatic carbocycles. The van der Waals surface area contributed by atoms with Gasteiger partial charge in [-0.1, -0.05) is 0 Å². The maximum Gasteiger partial charge on any atom is 0.122 e. The lowest BCUT2D eigenvalue weighted by molar-refractivity contribution is 0.194. The highest BCUT2D eigenvalue weighted by Gasteiger charge is 2.22. The highest BCUT2D eigenvalue weighted by atomic mass is 15.2. The Bertz CT molecular complexity index is 520. The molecule has 2 aromatic rings. The molecule has 0 saturated carbocycles. The van der Waals surface area contributed by atoms with Gasteiger partial charge in [-0.3, -0.25) is 9.88 Å². The predicted octanol–water partition coefficient (Wildman–Crippen LogP) is 2.19. The minimum absolute atomic E-state index is 0.636. The van der Waals surface area contributed by atoms with Crippen LogP contribution in [0, 0.1) is 0 Å². The van der Waals surface area contributed by atoms with Crippen LogP contribution in [0.1, 0.15) is 30.1 Å². The van der Waals surface area contributed by atoms with Crippen molar-refractivity contribution in [3.63, 3.8) is 0 Å². The van der Waals surface area contributed by atoms with Gasteiger partial charge in [-0.25, -0.2) is 4.98 Å². The molecule has 3 heterocycles. The molecule has 100 valence electrons. The highest BCUT2D eigenvalue weighted by Crippen LogP contribution is 2.26. The summed E-state index contributed by atoms with van der Waals surface area (Å²) < 4.78 is 2.11. The third-order valence-corrected chi connectivity index (χ3v) is 3.97. The van der Waals surface area contributed by atoms with Crippen molar-refractivity contribution in [2.45, 2.75) is 25.3 Å². The van der Waals surface area contributed by atoms with E-state index in [9.17, 15) is 0 Å². The van der Waals surface area contributed by atoms with Gasteiger partial charge >= 0.3 is 0 Å². The summed E-state index contributed by atoms with van der Waals surface area (Å²) in [7, 11) is 2.06. The molecular weight excluding hydrogens is 236 g/mol. The number of nitrogens with zero attached hydrogens (tertiary/aromatic N) is 4. The molecule has 1 saturated heterocycles. The molecule has 1 unspecified atom stereocenters. The van der Waals surface area contributed by atoms with Crippen LogP contribution in [-0.2, 0) is 13.6 Å². The van der Waals surface area contributed by atoms with Crippen LogP contribution in [-0.4, -0.2) is 32.5 Å². The highest BCUT2D eigenvalue weighted by molar-refractivity contribution is 5.17. The van der Waals surface area contributed by atoms with E-state index in [4.69, 9.17) is 0 Å². The van der Waals surface area contributed by atoms with Gasteiger partial charge in [-0.15, -0.1) is 0 Å². The number of piperidine rings is 1. The van der Waals surface area contributed by atoms with Crippen molar-refractivity contribution in [1.82, 2.24) is 19.4 Å². The summed E-state index contributed by atoms with van der Waals surface area (Å²) in [5.41, 5.74) is 1.42. The largest absolute Gasteiger partial charge is 0.337 e. The lowest BCUT2D eigenvalue weighted by atomic mass is 9.91. The van der Waals surface area contributed by atoms with Crippen molar-refractivity contribution in [3.8, 4) is 0 Å². The van der Waals surface area contributed by atoms with Gasteiger partial charge in [0, 0.05) is 38.4 Å². The van der Waals surface area contributed by atoms with Crippen LogP contribution in [0.4, 0.5) is 0 Å². The average molecular weight is 256 g/mol. The second-order valence-corrected chi connectivity index (χ2v) is 5.31. The number of aromatic nitrogens is 3. The van der Waals surface area contributed by atoms with E-state index in [1.807, 2.05) is 24.8 Å². The number of hydrogen-bond acceptors (Lipinski definition) is 3. The van der Waals surface area contributed by atoms with Gasteiger partial charge in [0.2, 0.25) is 0 Å². The van der Waals surface area contributed by atoms with Crippen molar-refractivity contribution in [1.29, 1.82) is 0 Å². The summed E-state index contributed by atoms with van der Waals surface area (Å²) in [4.78, 5) is 11.0. The van der Waals surface area contributed by atoms with E-state index in [1.165, 1.54) is 24.9 Å². The van der Waals surface area contributed by atoms with Crippen LogP contribution in [0.15, 0.2) is 36.9 Å². The third kappa shape index (κ3) is 2.84. The van der Waals surface area contributed by atoms with E-state index in [-0.39, 0.29) is 0 Å². The Labute approximate surface area is 114 Å². The molecule has 0 spiro atoms. The number of imidazole rings is 1. The third-order valence-electron chi connectivity index (χ3n) is 3.97. The zero-order valence-corrected chi connectivity index (χ0v) is 11.4. The molecule has 0 amide bonds. The Kier molecular flexibility index (Phi) is 3.60. The van der Waals surface area contributed by atoms with Crippen molar-refractivity contribution >= 4 is 0 Å². The van der Waals surface area contributed by atoms with E-state index >= 15 is 0 Å². The molecule has 3 rings (SSSR count). The minimum atomic E-state index is 0.636. The Morgan fingerprint density at radius 3 is 2.84 bits per heavy atom. The molecule has 4 nitrogen and oxygen atoms in total. The van der Waals surface area contributed by atoms with Crippen LogP contribution in [0.2, 0.25) is 0 Å². The standard InChI is InChI=1S/C15H20N4/c1-18-10-8-17-15(18)12-19-9-2-3-14(11-19)13-4-6-16-7-5-13/h4-8,10,14H,2-3,9,11-12H2,1H3. The number of rotatable bonds is 3. The normalized spacial score (nSPS) is 20.6. The van der Waals surface area contributed by atoms with Crippen LogP contribution >= 0.6 is 0 Å². The van der Waals surface area contributed by atoms with E-state index in [2.05, 4.69) is 38.6 Å². The molecule has 1 aliphatic rings. The number of pyridine rings is 1. The first-order chi connectivity index (χ1) is 9.33. The summed E-state index contributed by atoms with van der Waals surface area (Å²) in [5, 5.41) is 0. The van der Waals surface area contributed by atoms with Crippen LogP contribution in [0.25, 0.3) is 0 Å². The average Bonchev–Trinajstić information content (AvgIpc) is 2.86. The first-order valence-corrected chi connectivity index (χ1v) is 6.91. The summed E-state index contributed by atoms with van der Waals surface area (Å²) in [5.74, 6) is 1.78. The van der Waals surface area contributed by atoms with E-state index in [0.29, 0.717) is 5.92 Å². The van der Waals surface area contributed by atoms with Gasteiger partial charge in [0.05, 0.1) is 6.54 Å². The summed E-state index contributed by atoms with van der Waals surface area (Å²) in [6.07, 6.45) is 10.2. The predicted molar refractivity (Wildman–Crippen MR) is 74.7 cm³/mol. The lowest BCUT2D eigenvalue weighted by Gasteiger charge is -2.32. The fourth-order valence-electron chi connectivity index (χ4n) is 2.86. The fraction of sp³-hybridized carbons (Fsp3) is 0.467. The SMILES string of the molecule is Cn1ccnc1CN1CCCC(c2ccncc2)C1. The first kappa shape index (κ1) is 12.4. The van der Waals surface area contributed by atoms with E-state index < -0.39 is 0 Å². The Morgan fingerprint density at radius 1 is 1.26 bits per heavy atom. The monoisotopic (exact) mass is 256 g/mol. The van der Waals surface area contributed by atoms with Gasteiger partial charge in [-0.2, -0.15) is 0 Å². The van der Waals surface area contributed by atoms with Gasteiger partial charge in [0.15, 0.2) is 0 Å². The van der Waals surface area contributed by atoms with Crippen molar-refractivity contribution in [2.75, 3.05) is 13.1 Å². The molecule has 1 atom stereocenters. The quantitative estimate of drug-likeness (QED) is 0.844. The number of hydrogen-bond donors (Lipinski definition) is 0. The summed E-state index contributed by atoms with van der Waals surface area (Å²) in [6.45, 7) is 3.25. The summed E-state index contributed by atoms with van der Waals surface area (Å²) >= 11 is 0. The maximum absolute atomic E-state index is 4.42. The van der Waals surface area contributed by atoms with Crippen molar-refractivity contribution in [3.05, 3.63) is 48.3 Å². The smallest absolute Gasteiger partial charge is 0.122 e. The Hall–Kier alpha value is -1.68. The molecule has 1 aliphatic heterocycles. The van der Waals surface area contributed by atoms with Crippen LogP contribution < -0.4 is 0 Å². The molecule has 1 fully saturated rings. The zero-order chi connectivity index (χ0) is 13.1. The Morgan fingerprint density at radius 2 is 2.11 bits per heavy atom. The second-order valence-electron chi connectivity index (χ2n) is 5.31. The molecule has 0 radical (unpaired) electrons. The van der Waals surface area contributed by atoms with Gasteiger partial charge in [-0.05, 0) is 43.0 Å². The lowest BCUT2D eigenvalue weighted by Crippen LogP contribution is -2.34. The molecule has 0 N–H and O–H groups in total. The molecule has 0 aliphatic carbocycles. The van der Waals surface area contributed by atoms with Crippen molar-refractivity contribution < 1.29 is 0 Å².